The summed E-state index contributed by atoms with van der Waals surface area (Å²) in [6.07, 6.45) is -6.60. The lowest BCUT2D eigenvalue weighted by molar-refractivity contribution is -0.144. The number of aromatic nitrogens is 4. The first-order valence-corrected chi connectivity index (χ1v) is 14.5. The number of rotatable bonds is 7. The van der Waals surface area contributed by atoms with Crippen LogP contribution in [0.3, 0.4) is 0 Å². The maximum atomic E-state index is 13.7. The highest BCUT2D eigenvalue weighted by Crippen LogP contribution is 2.44. The highest BCUT2D eigenvalue weighted by atomic mass is 19.4. The van der Waals surface area contributed by atoms with Gasteiger partial charge in [-0.15, -0.1) is 5.10 Å². The van der Waals surface area contributed by atoms with Gasteiger partial charge in [-0.25, -0.2) is 0 Å². The van der Waals surface area contributed by atoms with Crippen LogP contribution in [0.4, 0.5) is 38.0 Å². The van der Waals surface area contributed by atoms with Gasteiger partial charge in [0.05, 0.1) is 30.1 Å². The van der Waals surface area contributed by atoms with E-state index >= 15 is 0 Å². The molecule has 5 rings (SSSR count). The van der Waals surface area contributed by atoms with Gasteiger partial charge in [-0.2, -0.15) is 31.1 Å². The Balaban J connectivity index is 1.52. The number of tetrazole rings is 1. The molecule has 1 saturated carbocycles. The number of nitrogens with zero attached hydrogens (tertiary/aromatic N) is 6. The van der Waals surface area contributed by atoms with E-state index in [-0.39, 0.29) is 30.0 Å². The van der Waals surface area contributed by atoms with Crippen LogP contribution in [0.1, 0.15) is 71.5 Å². The monoisotopic (exact) mass is 624 g/mol. The number of carboxylic acid groups (broad SMARTS) is 1. The highest BCUT2D eigenvalue weighted by Gasteiger charge is 2.39. The molecule has 44 heavy (non-hydrogen) atoms. The molecule has 0 radical (unpaired) electrons. The van der Waals surface area contributed by atoms with E-state index in [4.69, 9.17) is 0 Å². The lowest BCUT2D eigenvalue weighted by Gasteiger charge is -2.43. The van der Waals surface area contributed by atoms with E-state index in [1.165, 1.54) is 11.8 Å². The van der Waals surface area contributed by atoms with Gasteiger partial charge in [-0.3, -0.25) is 4.79 Å². The van der Waals surface area contributed by atoms with Crippen LogP contribution in [-0.4, -0.2) is 44.4 Å². The number of fused-ring (bicyclic) bond motifs is 1. The number of alkyl halides is 6. The van der Waals surface area contributed by atoms with Crippen molar-refractivity contribution in [2.45, 2.75) is 70.9 Å². The summed E-state index contributed by atoms with van der Waals surface area (Å²) in [7, 11) is 1.53. The summed E-state index contributed by atoms with van der Waals surface area (Å²) in [4.78, 5) is 16.5. The normalized spacial score (nSPS) is 20.8. The summed E-state index contributed by atoms with van der Waals surface area (Å²) in [5, 5.41) is 21.7. The molecule has 2 heterocycles. The van der Waals surface area contributed by atoms with Crippen LogP contribution in [0, 0.1) is 25.7 Å². The summed E-state index contributed by atoms with van der Waals surface area (Å²) < 4.78 is 82.1. The molecule has 2 aromatic carbocycles. The van der Waals surface area contributed by atoms with Crippen molar-refractivity contribution in [2.24, 2.45) is 18.9 Å². The maximum Gasteiger partial charge on any atom is 0.416 e. The summed E-state index contributed by atoms with van der Waals surface area (Å²) in [5.74, 6) is -0.689. The number of hydrogen-bond acceptors (Lipinski definition) is 6. The first-order valence-electron chi connectivity index (χ1n) is 14.5. The van der Waals surface area contributed by atoms with Gasteiger partial charge in [0.2, 0.25) is 0 Å². The van der Waals surface area contributed by atoms with Crippen molar-refractivity contribution >= 4 is 17.6 Å². The molecule has 238 valence electrons. The minimum absolute atomic E-state index is 0.0917. The van der Waals surface area contributed by atoms with E-state index in [2.05, 4.69) is 20.3 Å². The van der Waals surface area contributed by atoms with Gasteiger partial charge < -0.3 is 14.9 Å². The topological polar surface area (TPSA) is 87.4 Å². The number of anilines is 2. The molecule has 14 heteroatoms. The predicted octanol–water partition coefficient (Wildman–Crippen LogP) is 6.71. The third kappa shape index (κ3) is 6.78. The molecular weight excluding hydrogens is 590 g/mol. The zero-order chi connectivity index (χ0) is 32.0. The van der Waals surface area contributed by atoms with E-state index in [1.807, 2.05) is 26.0 Å². The second-order valence-electron chi connectivity index (χ2n) is 11.9. The largest absolute Gasteiger partial charge is 0.481 e. The second kappa shape index (κ2) is 11.9. The van der Waals surface area contributed by atoms with Gasteiger partial charge in [0.25, 0.3) is 5.95 Å². The molecule has 0 bridgehead atoms. The Morgan fingerprint density at radius 1 is 0.955 bits per heavy atom. The molecule has 0 saturated heterocycles. The van der Waals surface area contributed by atoms with Crippen LogP contribution in [0.25, 0.3) is 0 Å². The van der Waals surface area contributed by atoms with Crippen molar-refractivity contribution in [2.75, 3.05) is 22.9 Å². The molecule has 0 amide bonds. The molecule has 1 fully saturated rings. The van der Waals surface area contributed by atoms with Gasteiger partial charge in [-0.05, 0) is 92.0 Å². The summed E-state index contributed by atoms with van der Waals surface area (Å²) in [6.45, 7) is 4.91. The molecule has 1 N–H and O–H groups in total. The molecule has 1 aliphatic heterocycles. The SMILES string of the molecule is Cc1cc(C)c2c(c1)[C@@H](N(Cc1cc(C(F)(F)F)cc(C(F)(F)F)c1)c1nnn(C)n1)CCN2CC1CCC(C(=O)O)CC1. The first kappa shape index (κ1) is 31.6. The van der Waals surface area contributed by atoms with E-state index in [1.54, 1.807) is 4.90 Å². The Morgan fingerprint density at radius 3 is 2.14 bits per heavy atom. The number of halogens is 6. The van der Waals surface area contributed by atoms with Crippen molar-refractivity contribution in [3.05, 3.63) is 63.7 Å². The van der Waals surface area contributed by atoms with Crippen LogP contribution in [-0.2, 0) is 30.7 Å². The van der Waals surface area contributed by atoms with Crippen LogP contribution < -0.4 is 9.80 Å². The van der Waals surface area contributed by atoms with Crippen molar-refractivity contribution < 1.29 is 36.2 Å². The van der Waals surface area contributed by atoms with Gasteiger partial charge in [-0.1, -0.05) is 22.8 Å². The minimum atomic E-state index is -4.97. The van der Waals surface area contributed by atoms with Gasteiger partial charge in [0, 0.05) is 25.3 Å². The number of aliphatic carboxylic acids is 1. The average Bonchev–Trinajstić information content (AvgIpc) is 3.37. The molecule has 8 nitrogen and oxygen atoms in total. The lowest BCUT2D eigenvalue weighted by Crippen LogP contribution is -2.41. The third-order valence-corrected chi connectivity index (χ3v) is 8.63. The van der Waals surface area contributed by atoms with Crippen molar-refractivity contribution in [3.63, 3.8) is 0 Å². The molecule has 1 aliphatic carbocycles. The molecular formula is C30H34F6N6O2. The van der Waals surface area contributed by atoms with Gasteiger partial charge in [0.15, 0.2) is 0 Å². The standard InChI is InChI=1S/C30H34F6N6O2/c1-17-10-18(2)26-24(11-17)25(8-9-41(26)15-19-4-6-21(7-5-19)27(43)44)42(28-37-39-40(3)38-28)16-20-12-22(29(31,32)33)14-23(13-20)30(34,35)36/h10-14,19,21,25H,4-9,15-16H2,1-3H3,(H,43,44)/t19?,21?,25-/m0/s1. The molecule has 1 atom stereocenters. The van der Waals surface area contributed by atoms with Crippen molar-refractivity contribution in [1.29, 1.82) is 0 Å². The van der Waals surface area contributed by atoms with Crippen molar-refractivity contribution in [3.8, 4) is 0 Å². The fourth-order valence-electron chi connectivity index (χ4n) is 6.65. The zero-order valence-electron chi connectivity index (χ0n) is 24.6. The van der Waals surface area contributed by atoms with Crippen LogP contribution in [0.2, 0.25) is 0 Å². The third-order valence-electron chi connectivity index (χ3n) is 8.63. The number of benzene rings is 2. The second-order valence-corrected chi connectivity index (χ2v) is 11.9. The first-order chi connectivity index (χ1) is 20.6. The van der Waals surface area contributed by atoms with Crippen molar-refractivity contribution in [1.82, 2.24) is 20.2 Å². The smallest absolute Gasteiger partial charge is 0.416 e. The Labute approximate surface area is 250 Å². The molecule has 1 aromatic heterocycles. The van der Waals surface area contributed by atoms with E-state index < -0.39 is 35.5 Å². The van der Waals surface area contributed by atoms with Crippen LogP contribution in [0.15, 0.2) is 30.3 Å². The van der Waals surface area contributed by atoms with Gasteiger partial charge in [0.1, 0.15) is 0 Å². The molecule has 0 spiro atoms. The average molecular weight is 625 g/mol. The quantitative estimate of drug-likeness (QED) is 0.292. The molecule has 0 unspecified atom stereocenters. The van der Waals surface area contributed by atoms with Gasteiger partial charge >= 0.3 is 18.3 Å². The molecule has 2 aliphatic rings. The summed E-state index contributed by atoms with van der Waals surface area (Å²) >= 11 is 0. The Morgan fingerprint density at radius 2 is 1.59 bits per heavy atom. The number of carboxylic acids is 1. The number of aryl methyl sites for hydroxylation is 3. The van der Waals surface area contributed by atoms with Crippen LogP contribution >= 0.6 is 0 Å². The minimum Gasteiger partial charge on any atom is -0.481 e. The predicted molar refractivity (Wildman–Crippen MR) is 150 cm³/mol. The zero-order valence-corrected chi connectivity index (χ0v) is 24.6. The highest BCUT2D eigenvalue weighted by molar-refractivity contribution is 5.70. The Kier molecular flexibility index (Phi) is 8.56. The van der Waals surface area contributed by atoms with E-state index in [0.717, 1.165) is 53.9 Å². The Hall–Kier alpha value is -3.84. The number of hydrogen-bond donors (Lipinski definition) is 1. The van der Waals surface area contributed by atoms with Crippen LogP contribution in [0.5, 0.6) is 0 Å². The lowest BCUT2D eigenvalue weighted by atomic mass is 9.81. The molecule has 3 aromatic rings. The summed E-state index contributed by atoms with van der Waals surface area (Å²) in [6, 6.07) is 5.18. The maximum absolute atomic E-state index is 13.7. The summed E-state index contributed by atoms with van der Waals surface area (Å²) in [5.41, 5.74) is 0.852. The van der Waals surface area contributed by atoms with E-state index in [0.29, 0.717) is 31.7 Å². The fraction of sp³-hybridized carbons (Fsp3) is 0.533. The number of carbonyl (C=O) groups is 1. The fourth-order valence-corrected chi connectivity index (χ4v) is 6.65. The van der Waals surface area contributed by atoms with E-state index in [9.17, 15) is 36.2 Å². The Bertz CT molecular complexity index is 1480.